The number of aliphatic hydroxyl groups is 1. The van der Waals surface area contributed by atoms with Crippen molar-refractivity contribution in [2.45, 2.75) is 12.6 Å². The predicted octanol–water partition coefficient (Wildman–Crippen LogP) is 0.284. The first-order valence-corrected chi connectivity index (χ1v) is 6.50. The van der Waals surface area contributed by atoms with Crippen molar-refractivity contribution in [3.8, 4) is 11.5 Å². The van der Waals surface area contributed by atoms with Crippen LogP contribution in [0, 0.1) is 10.1 Å². The summed E-state index contributed by atoms with van der Waals surface area (Å²) < 4.78 is 14.7. The van der Waals surface area contributed by atoms with E-state index < -0.39 is 36.2 Å². The Kier molecular flexibility index (Phi) is 6.74. The summed E-state index contributed by atoms with van der Waals surface area (Å²) in [4.78, 5) is 32.6. The first kappa shape index (κ1) is 19.0. The first-order chi connectivity index (χ1) is 11.3. The van der Waals surface area contributed by atoms with Crippen LogP contribution in [0.2, 0.25) is 0 Å². The SMILES string of the molecule is COc1cc(COC(=O)NC(CO)C(=O)O)c([N+](=O)[O-])cc1OC. The van der Waals surface area contributed by atoms with E-state index in [0.29, 0.717) is 0 Å². The molecule has 24 heavy (non-hydrogen) atoms. The summed E-state index contributed by atoms with van der Waals surface area (Å²) in [5.41, 5.74) is -0.346. The van der Waals surface area contributed by atoms with Crippen molar-refractivity contribution in [3.63, 3.8) is 0 Å². The molecule has 0 aromatic heterocycles. The second kappa shape index (κ2) is 8.53. The van der Waals surface area contributed by atoms with Crippen LogP contribution in [0.4, 0.5) is 10.5 Å². The summed E-state index contributed by atoms with van der Waals surface area (Å²) in [6.07, 6.45) is -1.15. The molecule has 0 saturated carbocycles. The van der Waals surface area contributed by atoms with Crippen molar-refractivity contribution < 1.29 is 38.9 Å². The minimum atomic E-state index is -1.54. The molecule has 0 aliphatic heterocycles. The minimum Gasteiger partial charge on any atom is -0.493 e. The second-order valence-electron chi connectivity index (χ2n) is 4.39. The zero-order valence-corrected chi connectivity index (χ0v) is 12.8. The molecular formula is C13H16N2O9. The molecule has 1 atom stereocenters. The number of benzene rings is 1. The zero-order chi connectivity index (χ0) is 18.3. The number of hydrogen-bond acceptors (Lipinski definition) is 8. The van der Waals surface area contributed by atoms with Gasteiger partial charge in [-0.3, -0.25) is 10.1 Å². The molecule has 1 amide bonds. The highest BCUT2D eigenvalue weighted by atomic mass is 16.6. The molecule has 0 heterocycles. The normalized spacial score (nSPS) is 11.3. The molecule has 0 aliphatic carbocycles. The number of aliphatic carboxylic acids is 1. The number of hydrogen-bond donors (Lipinski definition) is 3. The van der Waals surface area contributed by atoms with Gasteiger partial charge in [0.15, 0.2) is 17.5 Å². The van der Waals surface area contributed by atoms with Gasteiger partial charge in [0.2, 0.25) is 0 Å². The van der Waals surface area contributed by atoms with Crippen LogP contribution in [0.1, 0.15) is 5.56 Å². The number of carbonyl (C=O) groups excluding carboxylic acids is 1. The van der Waals surface area contributed by atoms with Crippen LogP contribution in [0.3, 0.4) is 0 Å². The molecule has 0 fully saturated rings. The van der Waals surface area contributed by atoms with Gasteiger partial charge in [0.1, 0.15) is 6.61 Å². The average Bonchev–Trinajstić information content (AvgIpc) is 2.56. The molecule has 3 N–H and O–H groups in total. The second-order valence-corrected chi connectivity index (χ2v) is 4.39. The number of ether oxygens (including phenoxy) is 3. The van der Waals surface area contributed by atoms with Gasteiger partial charge in [0.25, 0.3) is 5.69 Å². The molecule has 11 nitrogen and oxygen atoms in total. The third-order valence-corrected chi connectivity index (χ3v) is 2.91. The maximum Gasteiger partial charge on any atom is 0.408 e. The monoisotopic (exact) mass is 344 g/mol. The summed E-state index contributed by atoms with van der Waals surface area (Å²) in [7, 11) is 2.64. The van der Waals surface area contributed by atoms with Crippen LogP contribution in [-0.4, -0.2) is 54.1 Å². The Morgan fingerprint density at radius 1 is 1.29 bits per heavy atom. The molecule has 1 aromatic rings. The third-order valence-electron chi connectivity index (χ3n) is 2.91. The number of carboxylic acids is 1. The molecule has 0 saturated heterocycles. The zero-order valence-electron chi connectivity index (χ0n) is 12.8. The number of carbonyl (C=O) groups is 2. The van der Waals surface area contributed by atoms with Crippen LogP contribution >= 0.6 is 0 Å². The maximum absolute atomic E-state index is 11.5. The largest absolute Gasteiger partial charge is 0.493 e. The van der Waals surface area contributed by atoms with Crippen LogP contribution in [0.15, 0.2) is 12.1 Å². The quantitative estimate of drug-likeness (QED) is 0.445. The Bertz CT molecular complexity index is 632. The number of methoxy groups -OCH3 is 2. The number of nitrogens with one attached hydrogen (secondary N) is 1. The molecule has 0 spiro atoms. The number of aliphatic hydroxyl groups excluding tert-OH is 1. The van der Waals surface area contributed by atoms with Gasteiger partial charge in [-0.1, -0.05) is 0 Å². The number of alkyl carbamates (subject to hydrolysis) is 1. The first-order valence-electron chi connectivity index (χ1n) is 6.50. The van der Waals surface area contributed by atoms with E-state index in [1.807, 2.05) is 5.32 Å². The summed E-state index contributed by atoms with van der Waals surface area (Å²) in [5.74, 6) is -1.13. The Balaban J connectivity index is 2.92. The van der Waals surface area contributed by atoms with Crippen LogP contribution in [0.5, 0.6) is 11.5 Å². The highest BCUT2D eigenvalue weighted by Crippen LogP contribution is 2.34. The number of nitrogens with zero attached hydrogens (tertiary/aromatic N) is 1. The minimum absolute atomic E-state index is 0.0173. The van der Waals surface area contributed by atoms with Crippen molar-refractivity contribution in [3.05, 3.63) is 27.8 Å². The molecule has 11 heteroatoms. The summed E-state index contributed by atoms with van der Waals surface area (Å²) in [6, 6.07) is 0.839. The van der Waals surface area contributed by atoms with Gasteiger partial charge in [0.05, 0.1) is 37.4 Å². The van der Waals surface area contributed by atoms with Crippen molar-refractivity contribution in [1.82, 2.24) is 5.32 Å². The number of nitro groups is 1. The Morgan fingerprint density at radius 3 is 2.33 bits per heavy atom. The van der Waals surface area contributed by atoms with Gasteiger partial charge >= 0.3 is 12.1 Å². The number of carboxylic acid groups (broad SMARTS) is 1. The highest BCUT2D eigenvalue weighted by Gasteiger charge is 2.23. The van der Waals surface area contributed by atoms with E-state index in [1.54, 1.807) is 0 Å². The van der Waals surface area contributed by atoms with E-state index in [1.165, 1.54) is 20.3 Å². The lowest BCUT2D eigenvalue weighted by Gasteiger charge is -2.13. The van der Waals surface area contributed by atoms with E-state index in [0.717, 1.165) is 6.07 Å². The number of amides is 1. The number of nitro benzene ring substituents is 1. The van der Waals surface area contributed by atoms with Gasteiger partial charge in [-0.15, -0.1) is 0 Å². The van der Waals surface area contributed by atoms with E-state index >= 15 is 0 Å². The molecule has 1 aromatic carbocycles. The van der Waals surface area contributed by atoms with Crippen LogP contribution in [0.25, 0.3) is 0 Å². The lowest BCUT2D eigenvalue weighted by Crippen LogP contribution is -2.43. The van der Waals surface area contributed by atoms with Crippen LogP contribution in [-0.2, 0) is 16.1 Å². The molecular weight excluding hydrogens is 328 g/mol. The molecule has 132 valence electrons. The molecule has 0 aliphatic rings. The van der Waals surface area contributed by atoms with Crippen molar-refractivity contribution in [2.75, 3.05) is 20.8 Å². The molecule has 0 bridgehead atoms. The summed E-state index contributed by atoms with van der Waals surface area (Å²) >= 11 is 0. The fourth-order valence-corrected chi connectivity index (χ4v) is 1.71. The van der Waals surface area contributed by atoms with Gasteiger partial charge in [-0.05, 0) is 6.07 Å². The summed E-state index contributed by atoms with van der Waals surface area (Å²) in [5, 5.41) is 30.5. The van der Waals surface area contributed by atoms with Crippen LogP contribution < -0.4 is 14.8 Å². The lowest BCUT2D eigenvalue weighted by atomic mass is 10.1. The van der Waals surface area contributed by atoms with E-state index in [9.17, 15) is 19.7 Å². The summed E-state index contributed by atoms with van der Waals surface area (Å²) in [6.45, 7) is -1.35. The molecule has 1 unspecified atom stereocenters. The van der Waals surface area contributed by atoms with Crippen molar-refractivity contribution in [2.24, 2.45) is 0 Å². The van der Waals surface area contributed by atoms with Gasteiger partial charge < -0.3 is 29.7 Å². The molecule has 0 radical (unpaired) electrons. The maximum atomic E-state index is 11.5. The fourth-order valence-electron chi connectivity index (χ4n) is 1.71. The fraction of sp³-hybridized carbons (Fsp3) is 0.385. The Morgan fingerprint density at radius 2 is 1.88 bits per heavy atom. The van der Waals surface area contributed by atoms with E-state index in [2.05, 4.69) is 0 Å². The van der Waals surface area contributed by atoms with E-state index in [-0.39, 0.29) is 22.7 Å². The molecule has 1 rings (SSSR count). The van der Waals surface area contributed by atoms with Gasteiger partial charge in [0, 0.05) is 0 Å². The highest BCUT2D eigenvalue weighted by molar-refractivity contribution is 5.80. The number of rotatable bonds is 8. The average molecular weight is 344 g/mol. The lowest BCUT2D eigenvalue weighted by molar-refractivity contribution is -0.385. The van der Waals surface area contributed by atoms with E-state index in [4.69, 9.17) is 24.4 Å². The predicted molar refractivity (Wildman–Crippen MR) is 78.0 cm³/mol. The van der Waals surface area contributed by atoms with Gasteiger partial charge in [-0.25, -0.2) is 9.59 Å². The van der Waals surface area contributed by atoms with Crippen molar-refractivity contribution in [1.29, 1.82) is 0 Å². The topological polar surface area (TPSA) is 157 Å². The smallest absolute Gasteiger partial charge is 0.408 e. The third kappa shape index (κ3) is 4.71. The standard InChI is InChI=1S/C13H16N2O9/c1-22-10-3-7(9(15(20)21)4-11(10)23-2)6-24-13(19)14-8(5-16)12(17)18/h3-4,8,16H,5-6H2,1-2H3,(H,14,19)(H,17,18). The Labute approximate surface area is 135 Å². The van der Waals surface area contributed by atoms with Crippen molar-refractivity contribution >= 4 is 17.7 Å². The Hall–Kier alpha value is -3.08. The van der Waals surface area contributed by atoms with Gasteiger partial charge in [-0.2, -0.15) is 0 Å².